The van der Waals surface area contributed by atoms with E-state index >= 15 is 0 Å². The van der Waals surface area contributed by atoms with Gasteiger partial charge in [0.15, 0.2) is 17.3 Å². The average molecular weight is 532 g/mol. The van der Waals surface area contributed by atoms with Crippen LogP contribution >= 0.6 is 0 Å². The first-order chi connectivity index (χ1) is 17.5. The fraction of sp³-hybridized carbons (Fsp3) is 0.200. The van der Waals surface area contributed by atoms with Crippen molar-refractivity contribution in [2.75, 3.05) is 17.0 Å². The van der Waals surface area contributed by atoms with Crippen LogP contribution in [0.25, 0.3) is 22.1 Å². The van der Waals surface area contributed by atoms with Gasteiger partial charge in [0.25, 0.3) is 11.5 Å². The number of furan rings is 1. The van der Waals surface area contributed by atoms with Gasteiger partial charge in [-0.05, 0) is 44.2 Å². The number of pyridine rings is 1. The Morgan fingerprint density at radius 1 is 1.05 bits per heavy atom. The van der Waals surface area contributed by atoms with Gasteiger partial charge in [0.05, 0.1) is 11.1 Å². The van der Waals surface area contributed by atoms with E-state index in [0.717, 1.165) is 12.1 Å². The Balaban J connectivity index is 1.96. The molecule has 0 bridgehead atoms. The number of ether oxygens (including phenoxy) is 1. The van der Waals surface area contributed by atoms with Crippen LogP contribution in [0.3, 0.4) is 0 Å². The van der Waals surface area contributed by atoms with Crippen molar-refractivity contribution in [2.24, 2.45) is 7.05 Å². The topological polar surface area (TPSA) is 120 Å². The Morgan fingerprint density at radius 2 is 1.78 bits per heavy atom. The van der Waals surface area contributed by atoms with Crippen molar-refractivity contribution in [1.82, 2.24) is 9.88 Å². The zero-order valence-corrected chi connectivity index (χ0v) is 20.9. The Bertz CT molecular complexity index is 1680. The van der Waals surface area contributed by atoms with Crippen molar-refractivity contribution >= 4 is 32.6 Å². The summed E-state index contributed by atoms with van der Waals surface area (Å²) in [6, 6.07) is 8.35. The number of rotatable bonds is 8. The quantitative estimate of drug-likeness (QED) is 0.348. The molecule has 0 atom stereocenters. The maximum absolute atomic E-state index is 14.4. The molecule has 2 N–H and O–H groups in total. The highest BCUT2D eigenvalue weighted by molar-refractivity contribution is 7.92. The van der Waals surface area contributed by atoms with Gasteiger partial charge in [-0.1, -0.05) is 0 Å². The summed E-state index contributed by atoms with van der Waals surface area (Å²) >= 11 is 0. The molecule has 2 aromatic carbocycles. The van der Waals surface area contributed by atoms with Crippen LogP contribution in [0.5, 0.6) is 11.5 Å². The maximum atomic E-state index is 14.4. The first-order valence-electron chi connectivity index (χ1n) is 11.2. The van der Waals surface area contributed by atoms with Gasteiger partial charge in [0, 0.05) is 48.7 Å². The van der Waals surface area contributed by atoms with Gasteiger partial charge in [-0.15, -0.1) is 0 Å². The van der Waals surface area contributed by atoms with E-state index in [2.05, 4.69) is 10.0 Å². The summed E-state index contributed by atoms with van der Waals surface area (Å²) in [6.45, 7) is 3.54. The van der Waals surface area contributed by atoms with Gasteiger partial charge in [0.2, 0.25) is 10.0 Å². The lowest BCUT2D eigenvalue weighted by Crippen LogP contribution is -2.22. The van der Waals surface area contributed by atoms with E-state index in [1.54, 1.807) is 6.92 Å². The minimum atomic E-state index is -3.65. The summed E-state index contributed by atoms with van der Waals surface area (Å²) in [5.41, 5.74) is 0.263. The first-order valence-corrected chi connectivity index (χ1v) is 12.9. The number of carbonyl (C=O) groups is 1. The fourth-order valence-corrected chi connectivity index (χ4v) is 4.25. The number of aromatic nitrogens is 1. The third-order valence-corrected chi connectivity index (χ3v) is 6.76. The van der Waals surface area contributed by atoms with E-state index in [-0.39, 0.29) is 50.8 Å². The molecular formula is C25H23F2N3O6S. The van der Waals surface area contributed by atoms with Gasteiger partial charge in [0.1, 0.15) is 17.1 Å². The molecule has 0 aliphatic carbocycles. The Kier molecular flexibility index (Phi) is 7.03. The third kappa shape index (κ3) is 5.33. The van der Waals surface area contributed by atoms with Crippen LogP contribution in [-0.4, -0.2) is 31.2 Å². The number of nitrogens with one attached hydrogen (secondary N) is 2. The summed E-state index contributed by atoms with van der Waals surface area (Å²) in [5, 5.41) is 2.69. The lowest BCUT2D eigenvalue weighted by atomic mass is 10.0. The van der Waals surface area contributed by atoms with E-state index < -0.39 is 33.1 Å². The highest BCUT2D eigenvalue weighted by atomic mass is 32.2. The number of halogens is 2. The van der Waals surface area contributed by atoms with Crippen LogP contribution in [0.2, 0.25) is 0 Å². The minimum Gasteiger partial charge on any atom is -0.454 e. The standard InChI is InChI=1S/C25H23F2N3O6S/c1-4-28-24(31)22-12-17-23(36-22)18(13-30(3)25(17)32)16-11-15(29-37(33,34)5-2)7-9-20(16)35-21-8-6-14(26)10-19(21)27/h6-13,29H,4-5H2,1-3H3,(H,28,31). The molecule has 37 heavy (non-hydrogen) atoms. The second-order valence-electron chi connectivity index (χ2n) is 8.06. The van der Waals surface area contributed by atoms with E-state index in [9.17, 15) is 26.8 Å². The Morgan fingerprint density at radius 3 is 2.46 bits per heavy atom. The SMILES string of the molecule is CCNC(=O)c1cc2c(=O)n(C)cc(-c3cc(NS(=O)(=O)CC)ccc3Oc3ccc(F)cc3F)c2o1. The number of carbonyl (C=O) groups excluding carboxylic acids is 1. The lowest BCUT2D eigenvalue weighted by Gasteiger charge is -2.15. The van der Waals surface area contributed by atoms with E-state index in [4.69, 9.17) is 9.15 Å². The predicted molar refractivity (Wildman–Crippen MR) is 134 cm³/mol. The smallest absolute Gasteiger partial charge is 0.287 e. The van der Waals surface area contributed by atoms with Crippen LogP contribution in [0.1, 0.15) is 24.4 Å². The van der Waals surface area contributed by atoms with Crippen LogP contribution in [0, 0.1) is 11.6 Å². The number of nitrogens with zero attached hydrogens (tertiary/aromatic N) is 1. The van der Waals surface area contributed by atoms with Crippen LogP contribution < -0.4 is 20.3 Å². The largest absolute Gasteiger partial charge is 0.454 e. The molecule has 194 valence electrons. The Hall–Kier alpha value is -4.19. The molecule has 0 fully saturated rings. The van der Waals surface area contributed by atoms with Crippen molar-refractivity contribution in [3.05, 3.63) is 76.4 Å². The molecule has 0 spiro atoms. The molecule has 1 amide bonds. The summed E-state index contributed by atoms with van der Waals surface area (Å²) < 4.78 is 67.4. The number of benzene rings is 2. The minimum absolute atomic E-state index is 0.0456. The molecule has 0 saturated heterocycles. The van der Waals surface area contributed by atoms with Crippen molar-refractivity contribution < 1.29 is 31.1 Å². The molecular weight excluding hydrogens is 508 g/mol. The molecule has 4 aromatic rings. The van der Waals surface area contributed by atoms with Gasteiger partial charge in [-0.3, -0.25) is 14.3 Å². The second-order valence-corrected chi connectivity index (χ2v) is 10.1. The van der Waals surface area contributed by atoms with Crippen LogP contribution in [-0.2, 0) is 17.1 Å². The van der Waals surface area contributed by atoms with Gasteiger partial charge < -0.3 is 19.0 Å². The predicted octanol–water partition coefficient (Wildman–Crippen LogP) is 4.38. The summed E-state index contributed by atoms with van der Waals surface area (Å²) in [5.74, 6) is -2.78. The van der Waals surface area contributed by atoms with Gasteiger partial charge in [-0.2, -0.15) is 0 Å². The maximum Gasteiger partial charge on any atom is 0.287 e. The van der Waals surface area contributed by atoms with E-state index in [0.29, 0.717) is 12.6 Å². The van der Waals surface area contributed by atoms with Crippen molar-refractivity contribution in [3.63, 3.8) is 0 Å². The molecule has 0 aliphatic heterocycles. The van der Waals surface area contributed by atoms with Crippen molar-refractivity contribution in [1.29, 1.82) is 0 Å². The van der Waals surface area contributed by atoms with Crippen LogP contribution in [0.4, 0.5) is 14.5 Å². The molecule has 0 saturated carbocycles. The molecule has 12 heteroatoms. The van der Waals surface area contributed by atoms with E-state index in [1.165, 1.54) is 49.0 Å². The highest BCUT2D eigenvalue weighted by Crippen LogP contribution is 2.39. The summed E-state index contributed by atoms with van der Waals surface area (Å²) in [7, 11) is -2.16. The van der Waals surface area contributed by atoms with Crippen LogP contribution in [0.15, 0.2) is 57.9 Å². The lowest BCUT2D eigenvalue weighted by molar-refractivity contribution is 0.0930. The number of fused-ring (bicyclic) bond motifs is 1. The summed E-state index contributed by atoms with van der Waals surface area (Å²) in [6.07, 6.45) is 1.43. The third-order valence-electron chi connectivity index (χ3n) is 5.45. The van der Waals surface area contributed by atoms with Gasteiger partial charge >= 0.3 is 0 Å². The Labute approximate surface area is 210 Å². The fourth-order valence-electron chi connectivity index (χ4n) is 3.62. The molecule has 9 nitrogen and oxygen atoms in total. The van der Waals surface area contributed by atoms with Crippen molar-refractivity contribution in [3.8, 4) is 22.6 Å². The molecule has 0 unspecified atom stereocenters. The average Bonchev–Trinajstić information content (AvgIpc) is 3.30. The van der Waals surface area contributed by atoms with Crippen molar-refractivity contribution in [2.45, 2.75) is 13.8 Å². The first kappa shape index (κ1) is 25.9. The summed E-state index contributed by atoms with van der Waals surface area (Å²) in [4.78, 5) is 25.2. The number of anilines is 1. The number of sulfonamides is 1. The highest BCUT2D eigenvalue weighted by Gasteiger charge is 2.22. The number of aryl methyl sites for hydroxylation is 1. The number of hydrogen-bond acceptors (Lipinski definition) is 6. The zero-order chi connectivity index (χ0) is 26.9. The monoisotopic (exact) mass is 531 g/mol. The normalized spacial score (nSPS) is 11.5. The second kappa shape index (κ2) is 10.1. The molecule has 4 rings (SSSR count). The van der Waals surface area contributed by atoms with E-state index in [1.807, 2.05) is 0 Å². The molecule has 2 heterocycles. The number of hydrogen-bond donors (Lipinski definition) is 2. The number of amides is 1. The molecule has 0 aliphatic rings. The zero-order valence-electron chi connectivity index (χ0n) is 20.1. The molecule has 2 aromatic heterocycles. The molecule has 0 radical (unpaired) electrons. The van der Waals surface area contributed by atoms with Gasteiger partial charge in [-0.25, -0.2) is 17.2 Å².